The summed E-state index contributed by atoms with van der Waals surface area (Å²) >= 11 is 0. The van der Waals surface area contributed by atoms with Crippen molar-refractivity contribution in [2.24, 2.45) is 5.92 Å². The van der Waals surface area contributed by atoms with Gasteiger partial charge in [0.15, 0.2) is 11.6 Å². The van der Waals surface area contributed by atoms with Crippen LogP contribution in [0.15, 0.2) is 12.1 Å². The lowest BCUT2D eigenvalue weighted by atomic mass is 10.1. The lowest BCUT2D eigenvalue weighted by Gasteiger charge is -2.19. The van der Waals surface area contributed by atoms with Crippen LogP contribution >= 0.6 is 0 Å². The van der Waals surface area contributed by atoms with E-state index >= 15 is 0 Å². The van der Waals surface area contributed by atoms with E-state index in [0.29, 0.717) is 5.92 Å². The normalized spacial score (nSPS) is 23.4. The van der Waals surface area contributed by atoms with Gasteiger partial charge in [-0.3, -0.25) is 0 Å². The van der Waals surface area contributed by atoms with Gasteiger partial charge in [0.1, 0.15) is 5.69 Å². The number of nitriles is 1. The van der Waals surface area contributed by atoms with Crippen LogP contribution in [-0.2, 0) is 0 Å². The van der Waals surface area contributed by atoms with Crippen molar-refractivity contribution in [3.8, 4) is 6.07 Å². The zero-order chi connectivity index (χ0) is 12.4. The van der Waals surface area contributed by atoms with Gasteiger partial charge in [-0.15, -0.1) is 0 Å². The van der Waals surface area contributed by atoms with Crippen LogP contribution in [0, 0.1) is 28.9 Å². The highest BCUT2D eigenvalue weighted by Gasteiger charge is 2.25. The molecule has 2 atom stereocenters. The molecule has 2 nitrogen and oxygen atoms in total. The molecule has 1 saturated carbocycles. The first-order valence-electron chi connectivity index (χ1n) is 5.77. The molecule has 1 aliphatic rings. The van der Waals surface area contributed by atoms with Crippen LogP contribution in [0.3, 0.4) is 0 Å². The summed E-state index contributed by atoms with van der Waals surface area (Å²) in [7, 11) is 0. The van der Waals surface area contributed by atoms with E-state index in [-0.39, 0.29) is 17.3 Å². The van der Waals surface area contributed by atoms with Gasteiger partial charge in [0.2, 0.25) is 0 Å². The Kier molecular flexibility index (Phi) is 3.28. The van der Waals surface area contributed by atoms with Gasteiger partial charge >= 0.3 is 0 Å². The largest absolute Gasteiger partial charge is 0.377 e. The summed E-state index contributed by atoms with van der Waals surface area (Å²) in [6.45, 7) is 2.07. The summed E-state index contributed by atoms with van der Waals surface area (Å²) < 4.78 is 27.2. The summed E-state index contributed by atoms with van der Waals surface area (Å²) in [6.07, 6.45) is 3.09. The maximum atomic E-state index is 13.6. The SMILES string of the molecule is CC1CCCC1Nc1c(F)cc(C#N)cc1F. The molecule has 0 saturated heterocycles. The molecule has 17 heavy (non-hydrogen) atoms. The molecular weight excluding hydrogens is 222 g/mol. The van der Waals surface area contributed by atoms with Crippen molar-refractivity contribution in [1.29, 1.82) is 5.26 Å². The number of anilines is 1. The Morgan fingerprint density at radius 3 is 2.41 bits per heavy atom. The fourth-order valence-electron chi connectivity index (χ4n) is 2.32. The Hall–Kier alpha value is -1.63. The monoisotopic (exact) mass is 236 g/mol. The van der Waals surface area contributed by atoms with E-state index in [4.69, 9.17) is 5.26 Å². The first-order valence-corrected chi connectivity index (χ1v) is 5.77. The highest BCUT2D eigenvalue weighted by Crippen LogP contribution is 2.30. The van der Waals surface area contributed by atoms with Crippen LogP contribution in [0.4, 0.5) is 14.5 Å². The van der Waals surface area contributed by atoms with Gasteiger partial charge in [-0.05, 0) is 30.9 Å². The average molecular weight is 236 g/mol. The fourth-order valence-corrected chi connectivity index (χ4v) is 2.32. The summed E-state index contributed by atoms with van der Waals surface area (Å²) in [5.74, 6) is -0.967. The fraction of sp³-hybridized carbons (Fsp3) is 0.462. The van der Waals surface area contributed by atoms with Gasteiger partial charge in [0, 0.05) is 6.04 Å². The molecule has 1 aromatic rings. The van der Waals surface area contributed by atoms with Crippen molar-refractivity contribution in [1.82, 2.24) is 0 Å². The highest BCUT2D eigenvalue weighted by molar-refractivity contribution is 5.51. The van der Waals surface area contributed by atoms with E-state index in [0.717, 1.165) is 31.4 Å². The Balaban J connectivity index is 2.24. The molecule has 0 bridgehead atoms. The lowest BCUT2D eigenvalue weighted by molar-refractivity contribution is 0.537. The zero-order valence-electron chi connectivity index (χ0n) is 9.63. The Bertz CT molecular complexity index is 442. The van der Waals surface area contributed by atoms with Gasteiger partial charge < -0.3 is 5.32 Å². The maximum Gasteiger partial charge on any atom is 0.150 e. The quantitative estimate of drug-likeness (QED) is 0.853. The summed E-state index contributed by atoms with van der Waals surface area (Å²) in [5.41, 5.74) is -0.104. The molecule has 2 rings (SSSR count). The Morgan fingerprint density at radius 1 is 1.29 bits per heavy atom. The molecule has 0 heterocycles. The third kappa shape index (κ3) is 2.38. The number of halogens is 2. The molecule has 0 amide bonds. The summed E-state index contributed by atoms with van der Waals surface area (Å²) in [6, 6.07) is 3.97. The van der Waals surface area contributed by atoms with E-state index in [1.165, 1.54) is 0 Å². The molecule has 0 radical (unpaired) electrons. The van der Waals surface area contributed by atoms with Gasteiger partial charge in [-0.25, -0.2) is 8.78 Å². The van der Waals surface area contributed by atoms with Crippen LogP contribution in [0.1, 0.15) is 31.7 Å². The smallest absolute Gasteiger partial charge is 0.150 e. The second-order valence-corrected chi connectivity index (χ2v) is 4.59. The third-order valence-electron chi connectivity index (χ3n) is 3.36. The van der Waals surface area contributed by atoms with Crippen molar-refractivity contribution in [3.05, 3.63) is 29.3 Å². The average Bonchev–Trinajstić information content (AvgIpc) is 2.69. The summed E-state index contributed by atoms with van der Waals surface area (Å²) in [4.78, 5) is 0. The van der Waals surface area contributed by atoms with Crippen molar-refractivity contribution < 1.29 is 8.78 Å². The minimum absolute atomic E-state index is 0.00465. The van der Waals surface area contributed by atoms with Crippen LogP contribution in [0.25, 0.3) is 0 Å². The number of benzene rings is 1. The predicted molar refractivity (Wildman–Crippen MR) is 61.5 cm³/mol. The minimum atomic E-state index is -0.694. The standard InChI is InChI=1S/C13H14F2N2/c1-8-3-2-4-12(8)17-13-10(14)5-9(7-16)6-11(13)15/h5-6,8,12,17H,2-4H2,1H3. The molecule has 0 aliphatic heterocycles. The van der Waals surface area contributed by atoms with Crippen molar-refractivity contribution in [3.63, 3.8) is 0 Å². The second kappa shape index (κ2) is 4.70. The van der Waals surface area contributed by atoms with Crippen molar-refractivity contribution >= 4 is 5.69 Å². The molecule has 0 spiro atoms. The minimum Gasteiger partial charge on any atom is -0.377 e. The van der Waals surface area contributed by atoms with E-state index in [1.807, 2.05) is 0 Å². The van der Waals surface area contributed by atoms with Gasteiger partial charge in [-0.1, -0.05) is 13.3 Å². The Morgan fingerprint density at radius 2 is 1.94 bits per heavy atom. The van der Waals surface area contributed by atoms with E-state index in [2.05, 4.69) is 12.2 Å². The molecule has 90 valence electrons. The zero-order valence-corrected chi connectivity index (χ0v) is 9.63. The Labute approximate surface area is 99.3 Å². The maximum absolute atomic E-state index is 13.6. The van der Waals surface area contributed by atoms with E-state index in [9.17, 15) is 8.78 Å². The number of hydrogen-bond acceptors (Lipinski definition) is 2. The van der Waals surface area contributed by atoms with Crippen molar-refractivity contribution in [2.75, 3.05) is 5.32 Å². The van der Waals surface area contributed by atoms with Gasteiger partial charge in [0.25, 0.3) is 0 Å². The first kappa shape index (κ1) is 11.8. The highest BCUT2D eigenvalue weighted by atomic mass is 19.1. The van der Waals surface area contributed by atoms with Crippen LogP contribution in [0.2, 0.25) is 0 Å². The van der Waals surface area contributed by atoms with Gasteiger partial charge in [-0.2, -0.15) is 5.26 Å². The van der Waals surface area contributed by atoms with Crippen molar-refractivity contribution in [2.45, 2.75) is 32.2 Å². The topological polar surface area (TPSA) is 35.8 Å². The third-order valence-corrected chi connectivity index (χ3v) is 3.36. The number of nitrogens with zero attached hydrogens (tertiary/aromatic N) is 1. The molecule has 2 unspecified atom stereocenters. The van der Waals surface area contributed by atoms with Crippen LogP contribution < -0.4 is 5.32 Å². The van der Waals surface area contributed by atoms with E-state index in [1.54, 1.807) is 6.07 Å². The second-order valence-electron chi connectivity index (χ2n) is 4.59. The molecule has 1 fully saturated rings. The van der Waals surface area contributed by atoms with Gasteiger partial charge in [0.05, 0.1) is 11.6 Å². The number of hydrogen-bond donors (Lipinski definition) is 1. The lowest BCUT2D eigenvalue weighted by Crippen LogP contribution is -2.23. The molecule has 0 aromatic heterocycles. The predicted octanol–water partition coefficient (Wildman–Crippen LogP) is 3.44. The number of rotatable bonds is 2. The molecule has 1 N–H and O–H groups in total. The molecular formula is C13H14F2N2. The molecule has 4 heteroatoms. The van der Waals surface area contributed by atoms with E-state index < -0.39 is 11.6 Å². The number of nitrogens with one attached hydrogen (secondary N) is 1. The first-order chi connectivity index (χ1) is 8.11. The summed E-state index contributed by atoms with van der Waals surface area (Å²) in [5, 5.41) is 11.5. The molecule has 1 aromatic carbocycles. The molecule has 1 aliphatic carbocycles. The van der Waals surface area contributed by atoms with Crippen LogP contribution in [-0.4, -0.2) is 6.04 Å². The van der Waals surface area contributed by atoms with Crippen LogP contribution in [0.5, 0.6) is 0 Å².